The number of tetrazole rings is 1. The topological polar surface area (TPSA) is 92.9 Å². The molecular formula is C19H21N5O2. The predicted octanol–water partition coefficient (Wildman–Crippen LogP) is 3.40. The molecule has 0 bridgehead atoms. The standard InChI is InChI=1S/C19H21N5O2/c1-12(2)18-21-22-23-24(18)17-8-7-16(9-13(17)3)20-11-14-5-4-6-15(10-14)19(25)26/h4-10,12,20H,11H2,1-3H3,(H,25,26). The van der Waals surface area contributed by atoms with Gasteiger partial charge >= 0.3 is 5.97 Å². The zero-order valence-corrected chi connectivity index (χ0v) is 15.0. The molecule has 3 aromatic rings. The van der Waals surface area contributed by atoms with Gasteiger partial charge in [-0.2, -0.15) is 4.68 Å². The Morgan fingerprint density at radius 1 is 1.23 bits per heavy atom. The second kappa shape index (κ2) is 7.35. The smallest absolute Gasteiger partial charge is 0.335 e. The number of aromatic nitrogens is 4. The van der Waals surface area contributed by atoms with Gasteiger partial charge < -0.3 is 10.4 Å². The van der Waals surface area contributed by atoms with Crippen LogP contribution in [-0.4, -0.2) is 31.3 Å². The first-order chi connectivity index (χ1) is 12.5. The third-order valence-corrected chi connectivity index (χ3v) is 4.11. The number of carbonyl (C=O) groups is 1. The van der Waals surface area contributed by atoms with Gasteiger partial charge in [0.2, 0.25) is 0 Å². The highest BCUT2D eigenvalue weighted by atomic mass is 16.4. The summed E-state index contributed by atoms with van der Waals surface area (Å²) in [6.45, 7) is 6.66. The van der Waals surface area contributed by atoms with Gasteiger partial charge in [-0.05, 0) is 58.8 Å². The second-order valence-electron chi connectivity index (χ2n) is 6.46. The number of carboxylic acid groups (broad SMARTS) is 1. The number of aryl methyl sites for hydroxylation is 1. The lowest BCUT2D eigenvalue weighted by Gasteiger charge is -2.12. The van der Waals surface area contributed by atoms with E-state index >= 15 is 0 Å². The van der Waals surface area contributed by atoms with Crippen LogP contribution in [0.3, 0.4) is 0 Å². The zero-order chi connectivity index (χ0) is 18.7. The van der Waals surface area contributed by atoms with Gasteiger partial charge in [-0.1, -0.05) is 26.0 Å². The van der Waals surface area contributed by atoms with Gasteiger partial charge in [0.25, 0.3) is 0 Å². The van der Waals surface area contributed by atoms with Crippen molar-refractivity contribution in [3.05, 3.63) is 65.0 Å². The monoisotopic (exact) mass is 351 g/mol. The lowest BCUT2D eigenvalue weighted by atomic mass is 10.1. The van der Waals surface area contributed by atoms with E-state index in [1.807, 2.05) is 31.2 Å². The molecule has 0 amide bonds. The van der Waals surface area contributed by atoms with Gasteiger partial charge in [0.15, 0.2) is 5.82 Å². The SMILES string of the molecule is Cc1cc(NCc2cccc(C(=O)O)c2)ccc1-n1nnnc1C(C)C. The van der Waals surface area contributed by atoms with E-state index in [1.165, 1.54) is 0 Å². The molecule has 0 spiro atoms. The first-order valence-corrected chi connectivity index (χ1v) is 8.41. The van der Waals surface area contributed by atoms with E-state index in [9.17, 15) is 4.79 Å². The van der Waals surface area contributed by atoms with E-state index < -0.39 is 5.97 Å². The minimum absolute atomic E-state index is 0.226. The quantitative estimate of drug-likeness (QED) is 0.707. The molecule has 1 aromatic heterocycles. The molecule has 26 heavy (non-hydrogen) atoms. The maximum atomic E-state index is 11.1. The number of hydrogen-bond acceptors (Lipinski definition) is 5. The van der Waals surface area contributed by atoms with Crippen molar-refractivity contribution in [1.82, 2.24) is 20.2 Å². The molecule has 0 unspecified atom stereocenters. The molecule has 0 aliphatic heterocycles. The summed E-state index contributed by atoms with van der Waals surface area (Å²) >= 11 is 0. The molecule has 7 nitrogen and oxygen atoms in total. The van der Waals surface area contributed by atoms with Crippen molar-refractivity contribution in [2.75, 3.05) is 5.32 Å². The van der Waals surface area contributed by atoms with Crippen LogP contribution >= 0.6 is 0 Å². The first kappa shape index (κ1) is 17.6. The summed E-state index contributed by atoms with van der Waals surface area (Å²) in [5, 5.41) is 24.4. The number of nitrogens with one attached hydrogen (secondary N) is 1. The Bertz CT molecular complexity index is 933. The summed E-state index contributed by atoms with van der Waals surface area (Å²) < 4.78 is 1.76. The van der Waals surface area contributed by atoms with E-state index in [0.29, 0.717) is 6.54 Å². The van der Waals surface area contributed by atoms with Gasteiger partial charge in [0.05, 0.1) is 11.3 Å². The van der Waals surface area contributed by atoms with Gasteiger partial charge in [0, 0.05) is 18.2 Å². The Labute approximate surface area is 151 Å². The fraction of sp³-hybridized carbons (Fsp3) is 0.263. The summed E-state index contributed by atoms with van der Waals surface area (Å²) in [7, 11) is 0. The molecule has 0 aliphatic carbocycles. The molecule has 0 aliphatic rings. The predicted molar refractivity (Wildman–Crippen MR) is 98.7 cm³/mol. The van der Waals surface area contributed by atoms with Crippen LogP contribution < -0.4 is 5.32 Å². The van der Waals surface area contributed by atoms with E-state index in [0.717, 1.165) is 28.3 Å². The van der Waals surface area contributed by atoms with Crippen molar-refractivity contribution in [1.29, 1.82) is 0 Å². The molecule has 0 saturated carbocycles. The third kappa shape index (κ3) is 3.72. The Morgan fingerprint density at radius 2 is 2.04 bits per heavy atom. The van der Waals surface area contributed by atoms with Crippen LogP contribution in [0.4, 0.5) is 5.69 Å². The number of rotatable bonds is 6. The summed E-state index contributed by atoms with van der Waals surface area (Å²) in [5.74, 6) is 0.123. The van der Waals surface area contributed by atoms with Gasteiger partial charge in [-0.3, -0.25) is 0 Å². The minimum Gasteiger partial charge on any atom is -0.478 e. The number of anilines is 1. The number of benzene rings is 2. The number of aromatic carboxylic acids is 1. The highest BCUT2D eigenvalue weighted by Gasteiger charge is 2.13. The molecule has 0 fully saturated rings. The Morgan fingerprint density at radius 3 is 2.73 bits per heavy atom. The van der Waals surface area contributed by atoms with Crippen LogP contribution in [0.25, 0.3) is 5.69 Å². The molecular weight excluding hydrogens is 330 g/mol. The van der Waals surface area contributed by atoms with E-state index in [-0.39, 0.29) is 11.5 Å². The van der Waals surface area contributed by atoms with Crippen LogP contribution in [0.1, 0.15) is 47.1 Å². The van der Waals surface area contributed by atoms with Crippen LogP contribution in [0.2, 0.25) is 0 Å². The summed E-state index contributed by atoms with van der Waals surface area (Å²) in [6, 6.07) is 12.9. The Balaban J connectivity index is 1.77. The number of hydrogen-bond donors (Lipinski definition) is 2. The third-order valence-electron chi connectivity index (χ3n) is 4.11. The Hall–Kier alpha value is -3.22. The Kier molecular flexibility index (Phi) is 4.97. The van der Waals surface area contributed by atoms with E-state index in [2.05, 4.69) is 34.7 Å². The van der Waals surface area contributed by atoms with Crippen molar-refractivity contribution in [3.63, 3.8) is 0 Å². The van der Waals surface area contributed by atoms with Crippen molar-refractivity contribution in [2.45, 2.75) is 33.2 Å². The summed E-state index contributed by atoms with van der Waals surface area (Å²) in [6.07, 6.45) is 0. The zero-order valence-electron chi connectivity index (χ0n) is 15.0. The summed E-state index contributed by atoms with van der Waals surface area (Å²) in [4.78, 5) is 11.1. The van der Waals surface area contributed by atoms with Gasteiger partial charge in [-0.25, -0.2) is 4.79 Å². The van der Waals surface area contributed by atoms with Crippen LogP contribution in [0.5, 0.6) is 0 Å². The fourth-order valence-electron chi connectivity index (χ4n) is 2.75. The fourth-order valence-corrected chi connectivity index (χ4v) is 2.75. The number of carboxylic acids is 1. The molecule has 2 aromatic carbocycles. The lowest BCUT2D eigenvalue weighted by Crippen LogP contribution is -2.07. The van der Waals surface area contributed by atoms with E-state index in [4.69, 9.17) is 5.11 Å². The van der Waals surface area contributed by atoms with Crippen molar-refractivity contribution in [3.8, 4) is 5.69 Å². The van der Waals surface area contributed by atoms with Crippen molar-refractivity contribution >= 4 is 11.7 Å². The molecule has 2 N–H and O–H groups in total. The molecule has 0 atom stereocenters. The van der Waals surface area contributed by atoms with Crippen molar-refractivity contribution in [2.24, 2.45) is 0 Å². The van der Waals surface area contributed by atoms with Gasteiger partial charge in [-0.15, -0.1) is 5.10 Å². The summed E-state index contributed by atoms with van der Waals surface area (Å²) in [5.41, 5.74) is 4.14. The lowest BCUT2D eigenvalue weighted by molar-refractivity contribution is 0.0696. The molecule has 3 rings (SSSR count). The van der Waals surface area contributed by atoms with Crippen LogP contribution in [0, 0.1) is 6.92 Å². The first-order valence-electron chi connectivity index (χ1n) is 8.41. The average Bonchev–Trinajstić information content (AvgIpc) is 3.10. The molecule has 0 saturated heterocycles. The highest BCUT2D eigenvalue weighted by Crippen LogP contribution is 2.22. The maximum Gasteiger partial charge on any atom is 0.335 e. The molecule has 0 radical (unpaired) electrons. The molecule has 134 valence electrons. The number of nitrogens with zero attached hydrogens (tertiary/aromatic N) is 4. The normalized spacial score (nSPS) is 10.9. The maximum absolute atomic E-state index is 11.1. The average molecular weight is 351 g/mol. The highest BCUT2D eigenvalue weighted by molar-refractivity contribution is 5.87. The molecule has 1 heterocycles. The van der Waals surface area contributed by atoms with Crippen LogP contribution in [-0.2, 0) is 6.54 Å². The van der Waals surface area contributed by atoms with Crippen LogP contribution in [0.15, 0.2) is 42.5 Å². The van der Waals surface area contributed by atoms with E-state index in [1.54, 1.807) is 22.9 Å². The van der Waals surface area contributed by atoms with Gasteiger partial charge in [0.1, 0.15) is 0 Å². The van der Waals surface area contributed by atoms with Crippen molar-refractivity contribution < 1.29 is 9.90 Å². The largest absolute Gasteiger partial charge is 0.478 e. The minimum atomic E-state index is -0.922. The molecule has 7 heteroatoms. The second-order valence-corrected chi connectivity index (χ2v) is 6.46.